The van der Waals surface area contributed by atoms with Crippen LogP contribution >= 0.6 is 0 Å². The second-order valence-electron chi connectivity index (χ2n) is 13.7. The van der Waals surface area contributed by atoms with Gasteiger partial charge < -0.3 is 24.4 Å². The summed E-state index contributed by atoms with van der Waals surface area (Å²) in [4.78, 5) is 18.6. The van der Waals surface area contributed by atoms with Crippen LogP contribution < -0.4 is 9.46 Å². The number of aryl methyl sites for hydroxylation is 1. The third kappa shape index (κ3) is 10.2. The van der Waals surface area contributed by atoms with Crippen LogP contribution in [0.15, 0.2) is 47.4 Å². The highest BCUT2D eigenvalue weighted by molar-refractivity contribution is 7.92. The highest BCUT2D eigenvalue weighted by Gasteiger charge is 2.31. The average molecular weight is 658 g/mol. The summed E-state index contributed by atoms with van der Waals surface area (Å²) >= 11 is 0. The van der Waals surface area contributed by atoms with E-state index in [1.165, 1.54) is 32.1 Å². The molecule has 9 nitrogen and oxygen atoms in total. The second-order valence-corrected chi connectivity index (χ2v) is 15.3. The number of nitrogens with zero attached hydrogens (tertiary/aromatic N) is 2. The van der Waals surface area contributed by atoms with Crippen molar-refractivity contribution in [3.63, 3.8) is 0 Å². The molecule has 2 N–H and O–H groups in total. The Balaban J connectivity index is 1.62. The molecule has 0 saturated heterocycles. The lowest BCUT2D eigenvalue weighted by Gasteiger charge is -2.36. The molecule has 0 unspecified atom stereocenters. The zero-order valence-electron chi connectivity index (χ0n) is 28.4. The highest BCUT2D eigenvalue weighted by Crippen LogP contribution is 2.30. The van der Waals surface area contributed by atoms with E-state index in [9.17, 15) is 18.3 Å². The van der Waals surface area contributed by atoms with Crippen molar-refractivity contribution < 1.29 is 27.8 Å². The SMILES string of the molecule is Cc1ccc(S(=O)(=O)Nc2ccc3c(c2)C(=O)N([C@H](C)CO)C[C@@H](C)[C@H](CN(C)CC2CCCCC2)OCCCC[C@@H](C)O3)cc1. The van der Waals surface area contributed by atoms with Gasteiger partial charge in [0.05, 0.1) is 35.3 Å². The number of hydrogen-bond donors (Lipinski definition) is 2. The predicted octanol–water partition coefficient (Wildman–Crippen LogP) is 6.10. The Kier molecular flexibility index (Phi) is 13.3. The zero-order chi connectivity index (χ0) is 33.3. The van der Waals surface area contributed by atoms with E-state index in [2.05, 4.69) is 23.6 Å². The second kappa shape index (κ2) is 16.9. The van der Waals surface area contributed by atoms with Crippen LogP contribution in [0.2, 0.25) is 0 Å². The number of amides is 1. The molecule has 10 heteroatoms. The fourth-order valence-corrected chi connectivity index (χ4v) is 7.62. The number of ether oxygens (including phenoxy) is 2. The highest BCUT2D eigenvalue weighted by atomic mass is 32.2. The van der Waals surface area contributed by atoms with Gasteiger partial charge in [-0.25, -0.2) is 8.42 Å². The summed E-state index contributed by atoms with van der Waals surface area (Å²) in [5, 5.41) is 10.2. The van der Waals surface area contributed by atoms with Crippen LogP contribution in [0.1, 0.15) is 88.1 Å². The molecule has 2 aromatic rings. The Morgan fingerprint density at radius 3 is 2.39 bits per heavy atom. The summed E-state index contributed by atoms with van der Waals surface area (Å²) in [7, 11) is -1.71. The van der Waals surface area contributed by atoms with Crippen molar-refractivity contribution in [1.82, 2.24) is 9.80 Å². The lowest BCUT2D eigenvalue weighted by molar-refractivity contribution is -0.0190. The molecular formula is C36H55N3O6S. The van der Waals surface area contributed by atoms with E-state index in [4.69, 9.17) is 9.47 Å². The number of nitrogens with one attached hydrogen (secondary N) is 1. The average Bonchev–Trinajstić information content (AvgIpc) is 3.03. The molecule has 1 aliphatic heterocycles. The summed E-state index contributed by atoms with van der Waals surface area (Å²) in [6.07, 6.45) is 8.89. The molecule has 4 rings (SSSR count). The number of fused-ring (bicyclic) bond motifs is 1. The summed E-state index contributed by atoms with van der Waals surface area (Å²) < 4.78 is 41.9. The molecule has 4 atom stereocenters. The van der Waals surface area contributed by atoms with Gasteiger partial charge in [0, 0.05) is 37.8 Å². The van der Waals surface area contributed by atoms with Gasteiger partial charge in [-0.1, -0.05) is 43.9 Å². The zero-order valence-corrected chi connectivity index (χ0v) is 29.2. The van der Waals surface area contributed by atoms with Crippen molar-refractivity contribution in [1.29, 1.82) is 0 Å². The van der Waals surface area contributed by atoms with Crippen molar-refractivity contribution >= 4 is 21.6 Å². The summed E-state index contributed by atoms with van der Waals surface area (Å²) in [5.74, 6) is 0.783. The first-order valence-electron chi connectivity index (χ1n) is 17.1. The smallest absolute Gasteiger partial charge is 0.261 e. The number of carbonyl (C=O) groups is 1. The minimum atomic E-state index is -3.88. The first-order valence-corrected chi connectivity index (χ1v) is 18.6. The van der Waals surface area contributed by atoms with E-state index in [1.807, 2.05) is 20.8 Å². The minimum absolute atomic E-state index is 0.0128. The van der Waals surface area contributed by atoms with Crippen molar-refractivity contribution in [2.75, 3.05) is 44.6 Å². The number of carbonyl (C=O) groups excluding carboxylic acids is 1. The Bertz CT molecular complexity index is 1360. The quantitative estimate of drug-likeness (QED) is 0.335. The van der Waals surface area contributed by atoms with E-state index in [-0.39, 0.29) is 46.8 Å². The van der Waals surface area contributed by atoms with Crippen LogP contribution in [0.5, 0.6) is 5.75 Å². The molecule has 0 aromatic heterocycles. The number of aliphatic hydroxyl groups is 1. The van der Waals surface area contributed by atoms with Crippen LogP contribution in [0.3, 0.4) is 0 Å². The fourth-order valence-electron chi connectivity index (χ4n) is 6.57. The molecule has 1 heterocycles. The van der Waals surface area contributed by atoms with Crippen molar-refractivity contribution in [3.05, 3.63) is 53.6 Å². The van der Waals surface area contributed by atoms with Crippen molar-refractivity contribution in [2.24, 2.45) is 11.8 Å². The van der Waals surface area contributed by atoms with Gasteiger partial charge >= 0.3 is 0 Å². The molecule has 0 spiro atoms. The van der Waals surface area contributed by atoms with Gasteiger partial charge in [0.1, 0.15) is 5.75 Å². The first kappa shape index (κ1) is 36.2. The molecule has 0 radical (unpaired) electrons. The maximum atomic E-state index is 14.4. The van der Waals surface area contributed by atoms with Crippen molar-refractivity contribution in [2.45, 2.75) is 102 Å². The maximum Gasteiger partial charge on any atom is 0.261 e. The van der Waals surface area contributed by atoms with Gasteiger partial charge in [0.25, 0.3) is 15.9 Å². The lowest BCUT2D eigenvalue weighted by Crippen LogP contribution is -2.47. The Morgan fingerprint density at radius 1 is 1.00 bits per heavy atom. The Morgan fingerprint density at radius 2 is 1.70 bits per heavy atom. The maximum absolute atomic E-state index is 14.4. The number of sulfonamides is 1. The summed E-state index contributed by atoms with van der Waals surface area (Å²) in [6, 6.07) is 11.0. The monoisotopic (exact) mass is 657 g/mol. The summed E-state index contributed by atoms with van der Waals surface area (Å²) in [5.41, 5.74) is 1.48. The van der Waals surface area contributed by atoms with E-state index in [0.29, 0.717) is 18.9 Å². The number of hydrogen-bond acceptors (Lipinski definition) is 7. The van der Waals surface area contributed by atoms with E-state index in [1.54, 1.807) is 47.4 Å². The first-order chi connectivity index (χ1) is 22.0. The van der Waals surface area contributed by atoms with Gasteiger partial charge in [0.2, 0.25) is 0 Å². The largest absolute Gasteiger partial charge is 0.490 e. The topological polar surface area (TPSA) is 108 Å². The van der Waals surface area contributed by atoms with Gasteiger partial charge in [-0.2, -0.15) is 0 Å². The van der Waals surface area contributed by atoms with E-state index >= 15 is 0 Å². The minimum Gasteiger partial charge on any atom is -0.490 e. The fraction of sp³-hybridized carbons (Fsp3) is 0.639. The van der Waals surface area contributed by atoms with Gasteiger partial charge in [-0.3, -0.25) is 9.52 Å². The normalized spacial score (nSPS) is 23.3. The van der Waals surface area contributed by atoms with Crippen LogP contribution in [0.4, 0.5) is 5.69 Å². The number of rotatable bonds is 9. The van der Waals surface area contributed by atoms with E-state index in [0.717, 1.165) is 43.8 Å². The van der Waals surface area contributed by atoms with Gasteiger partial charge in [-0.15, -0.1) is 0 Å². The molecule has 2 aromatic carbocycles. The standard InChI is InChI=1S/C36H55N3O6S/c1-26-14-17-32(18-15-26)46(42,43)37-31-16-19-34-33(21-31)36(41)39(28(3)25-40)22-27(2)35(44-20-10-9-11-29(4)45-34)24-38(5)23-30-12-7-6-8-13-30/h14-19,21,27-30,35,37,40H,6-13,20,22-25H2,1-5H3/t27-,28-,29-,35+/m1/s1. The van der Waals surface area contributed by atoms with Gasteiger partial charge in [0.15, 0.2) is 0 Å². The number of benzene rings is 2. The van der Waals surface area contributed by atoms with Crippen LogP contribution in [-0.4, -0.2) is 87.4 Å². The molecule has 2 aliphatic rings. The summed E-state index contributed by atoms with van der Waals surface area (Å²) in [6.45, 7) is 10.4. The number of aliphatic hydroxyl groups excluding tert-OH is 1. The van der Waals surface area contributed by atoms with Crippen LogP contribution in [0.25, 0.3) is 0 Å². The van der Waals surface area contributed by atoms with Gasteiger partial charge in [-0.05, 0) is 96.2 Å². The predicted molar refractivity (Wildman–Crippen MR) is 183 cm³/mol. The molecule has 1 aliphatic carbocycles. The lowest BCUT2D eigenvalue weighted by atomic mass is 9.89. The molecule has 1 amide bonds. The molecule has 0 bridgehead atoms. The molecular weight excluding hydrogens is 602 g/mol. The number of likely N-dealkylation sites (N-methyl/N-ethyl adjacent to an activating group) is 1. The third-order valence-electron chi connectivity index (χ3n) is 9.42. The Hall–Kier alpha value is -2.66. The van der Waals surface area contributed by atoms with Crippen molar-refractivity contribution in [3.8, 4) is 5.75 Å². The molecule has 46 heavy (non-hydrogen) atoms. The molecule has 1 fully saturated rings. The molecule has 1 saturated carbocycles. The van der Waals surface area contributed by atoms with Crippen LogP contribution in [-0.2, 0) is 14.8 Å². The van der Waals surface area contributed by atoms with E-state index < -0.39 is 16.1 Å². The number of anilines is 1. The Labute approximate surface area is 276 Å². The van der Waals surface area contributed by atoms with Crippen LogP contribution in [0, 0.1) is 18.8 Å². The third-order valence-corrected chi connectivity index (χ3v) is 10.8. The molecule has 256 valence electrons.